The van der Waals surface area contributed by atoms with Crippen LogP contribution in [0.4, 0.5) is 5.69 Å². The zero-order valence-electron chi connectivity index (χ0n) is 12.4. The Morgan fingerprint density at radius 1 is 1.14 bits per heavy atom. The summed E-state index contributed by atoms with van der Waals surface area (Å²) in [6.07, 6.45) is 1.69. The van der Waals surface area contributed by atoms with Crippen molar-refractivity contribution in [2.24, 2.45) is 5.92 Å². The van der Waals surface area contributed by atoms with Gasteiger partial charge in [-0.05, 0) is 18.1 Å². The van der Waals surface area contributed by atoms with Crippen molar-refractivity contribution in [2.75, 3.05) is 5.32 Å². The van der Waals surface area contributed by atoms with Crippen LogP contribution in [0, 0.1) is 5.92 Å². The lowest BCUT2D eigenvalue weighted by Gasteiger charge is -2.21. The lowest BCUT2D eigenvalue weighted by Crippen LogP contribution is -2.46. The van der Waals surface area contributed by atoms with Crippen molar-refractivity contribution in [3.63, 3.8) is 0 Å². The van der Waals surface area contributed by atoms with E-state index in [-0.39, 0.29) is 17.7 Å². The Kier molecular flexibility index (Phi) is 4.52. The molecule has 0 fully saturated rings. The summed E-state index contributed by atoms with van der Waals surface area (Å²) in [4.78, 5) is 27.9. The van der Waals surface area contributed by atoms with E-state index in [0.717, 1.165) is 10.9 Å². The standard InChI is InChI=1S/C16H19N3O2/c1-10(2)14(18-11(3)20)16(21)19-13-8-4-6-12-7-5-9-17-15(12)13/h4-10,14H,1-3H3,(H,18,20)(H,19,21)/t14-/m0/s1. The molecule has 1 heterocycles. The van der Waals surface area contributed by atoms with E-state index < -0.39 is 6.04 Å². The highest BCUT2D eigenvalue weighted by molar-refractivity contribution is 6.03. The molecule has 0 aliphatic heterocycles. The number of benzene rings is 1. The van der Waals surface area contributed by atoms with Gasteiger partial charge in [0.15, 0.2) is 0 Å². The number of fused-ring (bicyclic) bond motifs is 1. The minimum Gasteiger partial charge on any atom is -0.344 e. The normalized spacial score (nSPS) is 12.2. The number of nitrogens with zero attached hydrogens (tertiary/aromatic N) is 1. The predicted octanol–water partition coefficient (Wildman–Crippen LogP) is 2.33. The fourth-order valence-corrected chi connectivity index (χ4v) is 2.17. The Bertz CT molecular complexity index is 662. The van der Waals surface area contributed by atoms with Crippen molar-refractivity contribution in [2.45, 2.75) is 26.8 Å². The fraction of sp³-hybridized carbons (Fsp3) is 0.312. The van der Waals surface area contributed by atoms with Crippen LogP contribution in [0.25, 0.3) is 10.9 Å². The van der Waals surface area contributed by atoms with Gasteiger partial charge in [0.2, 0.25) is 11.8 Å². The zero-order chi connectivity index (χ0) is 15.4. The van der Waals surface area contributed by atoms with Gasteiger partial charge in [-0.2, -0.15) is 0 Å². The Morgan fingerprint density at radius 3 is 2.52 bits per heavy atom. The van der Waals surface area contributed by atoms with Gasteiger partial charge in [0.25, 0.3) is 0 Å². The van der Waals surface area contributed by atoms with Gasteiger partial charge in [-0.1, -0.05) is 32.0 Å². The number of hydrogen-bond acceptors (Lipinski definition) is 3. The second kappa shape index (κ2) is 6.35. The summed E-state index contributed by atoms with van der Waals surface area (Å²) in [7, 11) is 0. The van der Waals surface area contributed by atoms with Gasteiger partial charge >= 0.3 is 0 Å². The number of carbonyl (C=O) groups excluding carboxylic acids is 2. The highest BCUT2D eigenvalue weighted by atomic mass is 16.2. The first-order chi connectivity index (χ1) is 9.99. The molecule has 2 amide bonds. The second-order valence-corrected chi connectivity index (χ2v) is 5.29. The van der Waals surface area contributed by atoms with Gasteiger partial charge in [0.05, 0.1) is 11.2 Å². The SMILES string of the molecule is CC(=O)N[C@H](C(=O)Nc1cccc2cccnc12)C(C)C. The third kappa shape index (κ3) is 3.56. The van der Waals surface area contributed by atoms with Crippen molar-refractivity contribution < 1.29 is 9.59 Å². The van der Waals surface area contributed by atoms with Crippen molar-refractivity contribution >= 4 is 28.4 Å². The highest BCUT2D eigenvalue weighted by Crippen LogP contribution is 2.21. The molecule has 2 N–H and O–H groups in total. The van der Waals surface area contributed by atoms with Crippen molar-refractivity contribution in [1.29, 1.82) is 0 Å². The maximum absolute atomic E-state index is 12.4. The van der Waals surface area contributed by atoms with Crippen LogP contribution < -0.4 is 10.6 Å². The first kappa shape index (κ1) is 15.0. The number of pyridine rings is 1. The Labute approximate surface area is 123 Å². The smallest absolute Gasteiger partial charge is 0.247 e. The highest BCUT2D eigenvalue weighted by Gasteiger charge is 2.23. The summed E-state index contributed by atoms with van der Waals surface area (Å²) in [6, 6.07) is 8.82. The molecule has 5 nitrogen and oxygen atoms in total. The van der Waals surface area contributed by atoms with E-state index in [9.17, 15) is 9.59 Å². The van der Waals surface area contributed by atoms with Gasteiger partial charge in [-0.25, -0.2) is 0 Å². The summed E-state index contributed by atoms with van der Waals surface area (Å²) >= 11 is 0. The largest absolute Gasteiger partial charge is 0.344 e. The van der Waals surface area contributed by atoms with Gasteiger partial charge in [0, 0.05) is 18.5 Å². The van der Waals surface area contributed by atoms with Crippen LogP contribution in [-0.4, -0.2) is 22.8 Å². The summed E-state index contributed by atoms with van der Waals surface area (Å²) in [5.74, 6) is -0.463. The number of aromatic nitrogens is 1. The fourth-order valence-electron chi connectivity index (χ4n) is 2.17. The topological polar surface area (TPSA) is 71.1 Å². The molecule has 1 aromatic heterocycles. The van der Waals surface area contributed by atoms with Crippen LogP contribution in [0.2, 0.25) is 0 Å². The molecule has 0 aliphatic carbocycles. The molecule has 0 bridgehead atoms. The molecular formula is C16H19N3O2. The Hall–Kier alpha value is -2.43. The third-order valence-electron chi connectivity index (χ3n) is 3.20. The number of nitrogens with one attached hydrogen (secondary N) is 2. The molecule has 0 saturated heterocycles. The monoisotopic (exact) mass is 285 g/mol. The van der Waals surface area contributed by atoms with Gasteiger partial charge in [0.1, 0.15) is 6.04 Å². The average molecular weight is 285 g/mol. The van der Waals surface area contributed by atoms with Crippen molar-refractivity contribution in [3.05, 3.63) is 36.5 Å². The second-order valence-electron chi connectivity index (χ2n) is 5.29. The average Bonchev–Trinajstić information content (AvgIpc) is 2.44. The molecule has 21 heavy (non-hydrogen) atoms. The van der Waals surface area contributed by atoms with Gasteiger partial charge < -0.3 is 10.6 Å². The van der Waals surface area contributed by atoms with Crippen LogP contribution in [0.1, 0.15) is 20.8 Å². The minimum absolute atomic E-state index is 0.00293. The van der Waals surface area contributed by atoms with Crippen molar-refractivity contribution in [1.82, 2.24) is 10.3 Å². The number of rotatable bonds is 4. The van der Waals surface area contributed by atoms with E-state index in [1.165, 1.54) is 6.92 Å². The molecule has 2 rings (SSSR count). The Morgan fingerprint density at radius 2 is 1.86 bits per heavy atom. The van der Waals surface area contributed by atoms with Crippen LogP contribution >= 0.6 is 0 Å². The lowest BCUT2D eigenvalue weighted by molar-refractivity contribution is -0.126. The molecule has 1 atom stereocenters. The summed E-state index contributed by atoms with van der Waals surface area (Å²) < 4.78 is 0. The number of para-hydroxylation sites is 1. The number of amides is 2. The predicted molar refractivity (Wildman–Crippen MR) is 82.8 cm³/mol. The van der Waals surface area contributed by atoms with E-state index in [0.29, 0.717) is 5.69 Å². The molecule has 110 valence electrons. The molecule has 5 heteroatoms. The van der Waals surface area contributed by atoms with Crippen LogP contribution in [0.15, 0.2) is 36.5 Å². The van der Waals surface area contributed by atoms with E-state index >= 15 is 0 Å². The molecular weight excluding hydrogens is 266 g/mol. The minimum atomic E-state index is -0.568. The van der Waals surface area contributed by atoms with Crippen molar-refractivity contribution in [3.8, 4) is 0 Å². The maximum Gasteiger partial charge on any atom is 0.247 e. The molecule has 0 spiro atoms. The zero-order valence-corrected chi connectivity index (χ0v) is 12.4. The maximum atomic E-state index is 12.4. The van der Waals surface area contributed by atoms with E-state index in [4.69, 9.17) is 0 Å². The van der Waals surface area contributed by atoms with Crippen LogP contribution in [0.3, 0.4) is 0 Å². The number of anilines is 1. The van der Waals surface area contributed by atoms with Gasteiger partial charge in [-0.15, -0.1) is 0 Å². The first-order valence-corrected chi connectivity index (χ1v) is 6.90. The summed E-state index contributed by atoms with van der Waals surface area (Å²) in [6.45, 7) is 5.19. The van der Waals surface area contributed by atoms with E-state index in [2.05, 4.69) is 15.6 Å². The van der Waals surface area contributed by atoms with Gasteiger partial charge in [-0.3, -0.25) is 14.6 Å². The number of carbonyl (C=O) groups is 2. The summed E-state index contributed by atoms with van der Waals surface area (Å²) in [5.41, 5.74) is 1.38. The molecule has 1 aromatic carbocycles. The molecule has 2 aromatic rings. The first-order valence-electron chi connectivity index (χ1n) is 6.90. The summed E-state index contributed by atoms with van der Waals surface area (Å²) in [5, 5.41) is 6.49. The van der Waals surface area contributed by atoms with Crippen LogP contribution in [0.5, 0.6) is 0 Å². The third-order valence-corrected chi connectivity index (χ3v) is 3.20. The van der Waals surface area contributed by atoms with Crippen LogP contribution in [-0.2, 0) is 9.59 Å². The molecule has 0 radical (unpaired) electrons. The molecule has 0 aliphatic rings. The van der Waals surface area contributed by atoms with E-state index in [1.807, 2.05) is 38.1 Å². The lowest BCUT2D eigenvalue weighted by atomic mass is 10.0. The quantitative estimate of drug-likeness (QED) is 0.905. The Balaban J connectivity index is 2.26. The molecule has 0 saturated carbocycles. The van der Waals surface area contributed by atoms with E-state index in [1.54, 1.807) is 12.3 Å². The molecule has 0 unspecified atom stereocenters. The number of hydrogen-bond donors (Lipinski definition) is 2.